The van der Waals surface area contributed by atoms with Gasteiger partial charge in [-0.3, -0.25) is 4.79 Å². The third kappa shape index (κ3) is 4.62. The van der Waals surface area contributed by atoms with Gasteiger partial charge >= 0.3 is 0 Å². The molecule has 1 amide bonds. The monoisotopic (exact) mass is 283 g/mol. The smallest absolute Gasteiger partial charge is 0.261 e. The Bertz CT molecular complexity index is 424. The summed E-state index contributed by atoms with van der Waals surface area (Å²) >= 11 is 1.60. The molecule has 2 N–H and O–H groups in total. The van der Waals surface area contributed by atoms with Crippen LogP contribution >= 0.6 is 11.3 Å². The highest BCUT2D eigenvalue weighted by Crippen LogP contribution is 2.25. The van der Waals surface area contributed by atoms with E-state index in [9.17, 15) is 4.79 Å². The maximum atomic E-state index is 12.2. The Morgan fingerprint density at radius 3 is 2.63 bits per heavy atom. The molecule has 0 saturated heterocycles. The average molecular weight is 283 g/mol. The summed E-state index contributed by atoms with van der Waals surface area (Å²) in [5, 5.41) is 12.0. The third-order valence-corrected chi connectivity index (χ3v) is 4.40. The van der Waals surface area contributed by atoms with E-state index in [0.717, 1.165) is 24.1 Å². The molecule has 0 unspecified atom stereocenters. The summed E-state index contributed by atoms with van der Waals surface area (Å²) in [6.07, 6.45) is 3.68. The van der Waals surface area contributed by atoms with E-state index in [1.165, 1.54) is 10.4 Å². The van der Waals surface area contributed by atoms with Crippen LogP contribution in [0.15, 0.2) is 6.07 Å². The van der Waals surface area contributed by atoms with Gasteiger partial charge in [0.15, 0.2) is 0 Å². The summed E-state index contributed by atoms with van der Waals surface area (Å²) in [5.74, 6) is -0.0273. The van der Waals surface area contributed by atoms with Gasteiger partial charge in [-0.2, -0.15) is 0 Å². The molecule has 0 atom stereocenters. The lowest BCUT2D eigenvalue weighted by Gasteiger charge is -2.24. The molecule has 0 bridgehead atoms. The molecule has 108 valence electrons. The molecule has 1 aromatic rings. The van der Waals surface area contributed by atoms with E-state index in [1.54, 1.807) is 11.3 Å². The molecular formula is C15H25NO2S. The molecule has 0 fully saturated rings. The van der Waals surface area contributed by atoms with Gasteiger partial charge in [0, 0.05) is 17.0 Å². The molecule has 1 rings (SSSR count). The lowest BCUT2D eigenvalue weighted by Crippen LogP contribution is -2.43. The van der Waals surface area contributed by atoms with Crippen LogP contribution in [0, 0.1) is 0 Å². The normalized spacial score (nSPS) is 11.6. The zero-order valence-corrected chi connectivity index (χ0v) is 13.2. The largest absolute Gasteiger partial charge is 0.396 e. The Kier molecular flexibility index (Phi) is 6.01. The molecular weight excluding hydrogens is 258 g/mol. The van der Waals surface area contributed by atoms with Gasteiger partial charge in [0.25, 0.3) is 5.91 Å². The SMILES string of the molecule is CCCc1sc(C(=O)NC(C)(C)CCO)cc1CC. The van der Waals surface area contributed by atoms with Crippen molar-refractivity contribution < 1.29 is 9.90 Å². The Hall–Kier alpha value is -0.870. The zero-order chi connectivity index (χ0) is 14.5. The Morgan fingerprint density at radius 2 is 2.11 bits per heavy atom. The standard InChI is InChI=1S/C15H25NO2S/c1-5-7-12-11(6-2)10-13(19-12)14(18)16-15(3,4)8-9-17/h10,17H,5-9H2,1-4H3,(H,16,18). The van der Waals surface area contributed by atoms with Gasteiger partial charge < -0.3 is 10.4 Å². The van der Waals surface area contributed by atoms with Gasteiger partial charge in [-0.1, -0.05) is 20.3 Å². The van der Waals surface area contributed by atoms with Crippen molar-refractivity contribution in [2.75, 3.05) is 6.61 Å². The van der Waals surface area contributed by atoms with Crippen LogP contribution < -0.4 is 5.32 Å². The summed E-state index contributed by atoms with van der Waals surface area (Å²) in [4.78, 5) is 14.4. The number of hydrogen-bond donors (Lipinski definition) is 2. The first-order valence-corrected chi connectivity index (χ1v) is 7.80. The Balaban J connectivity index is 2.82. The molecule has 1 heterocycles. The lowest BCUT2D eigenvalue weighted by atomic mass is 10.0. The van der Waals surface area contributed by atoms with Crippen LogP contribution in [-0.4, -0.2) is 23.2 Å². The van der Waals surface area contributed by atoms with Crippen molar-refractivity contribution in [2.24, 2.45) is 0 Å². The predicted molar refractivity (Wildman–Crippen MR) is 80.9 cm³/mol. The first-order valence-electron chi connectivity index (χ1n) is 6.98. The minimum absolute atomic E-state index is 0.0273. The molecule has 0 radical (unpaired) electrons. The zero-order valence-electron chi connectivity index (χ0n) is 12.4. The van der Waals surface area contributed by atoms with Crippen LogP contribution in [0.2, 0.25) is 0 Å². The van der Waals surface area contributed by atoms with Gasteiger partial charge in [-0.05, 0) is 44.7 Å². The van der Waals surface area contributed by atoms with Crippen molar-refractivity contribution in [1.29, 1.82) is 0 Å². The highest BCUT2D eigenvalue weighted by Gasteiger charge is 2.22. The maximum absolute atomic E-state index is 12.2. The Labute approximate surface area is 120 Å². The van der Waals surface area contributed by atoms with Crippen LogP contribution in [0.3, 0.4) is 0 Å². The molecule has 0 aliphatic heterocycles. The molecule has 3 nitrogen and oxygen atoms in total. The van der Waals surface area contributed by atoms with Crippen LogP contribution in [-0.2, 0) is 12.8 Å². The van der Waals surface area contributed by atoms with Gasteiger partial charge in [-0.25, -0.2) is 0 Å². The van der Waals surface area contributed by atoms with Crippen molar-refractivity contribution in [2.45, 2.75) is 58.9 Å². The average Bonchev–Trinajstić information content (AvgIpc) is 2.72. The summed E-state index contributed by atoms with van der Waals surface area (Å²) in [6.45, 7) is 8.23. The number of aliphatic hydroxyl groups excluding tert-OH is 1. The fourth-order valence-corrected chi connectivity index (χ4v) is 3.28. The minimum atomic E-state index is -0.368. The van der Waals surface area contributed by atoms with Crippen LogP contribution in [0.1, 0.15) is 60.6 Å². The molecule has 0 aromatic carbocycles. The molecule has 0 saturated carbocycles. The van der Waals surface area contributed by atoms with Crippen LogP contribution in [0.5, 0.6) is 0 Å². The van der Waals surface area contributed by atoms with Crippen molar-refractivity contribution >= 4 is 17.2 Å². The molecule has 1 aromatic heterocycles. The highest BCUT2D eigenvalue weighted by molar-refractivity contribution is 7.14. The van der Waals surface area contributed by atoms with Crippen LogP contribution in [0.4, 0.5) is 0 Å². The van der Waals surface area contributed by atoms with Gasteiger partial charge in [0.1, 0.15) is 0 Å². The predicted octanol–water partition coefficient (Wildman–Crippen LogP) is 3.15. The van der Waals surface area contributed by atoms with Crippen molar-refractivity contribution in [3.05, 3.63) is 21.4 Å². The van der Waals surface area contributed by atoms with Gasteiger partial charge in [0.05, 0.1) is 4.88 Å². The number of rotatable bonds is 7. The van der Waals surface area contributed by atoms with E-state index < -0.39 is 0 Å². The number of nitrogens with one attached hydrogen (secondary N) is 1. The number of hydrogen-bond acceptors (Lipinski definition) is 3. The van der Waals surface area contributed by atoms with Crippen molar-refractivity contribution in [3.8, 4) is 0 Å². The van der Waals surface area contributed by atoms with E-state index in [0.29, 0.717) is 6.42 Å². The molecule has 0 aliphatic carbocycles. The summed E-state index contributed by atoms with van der Waals surface area (Å²) in [6, 6.07) is 2.01. The van der Waals surface area contributed by atoms with Crippen molar-refractivity contribution in [3.63, 3.8) is 0 Å². The topological polar surface area (TPSA) is 49.3 Å². The second-order valence-electron chi connectivity index (χ2n) is 5.47. The summed E-state index contributed by atoms with van der Waals surface area (Å²) < 4.78 is 0. The van der Waals surface area contributed by atoms with E-state index in [-0.39, 0.29) is 18.1 Å². The van der Waals surface area contributed by atoms with E-state index >= 15 is 0 Å². The molecule has 19 heavy (non-hydrogen) atoms. The molecule has 0 spiro atoms. The fourth-order valence-electron chi connectivity index (χ4n) is 2.03. The van der Waals surface area contributed by atoms with Crippen molar-refractivity contribution in [1.82, 2.24) is 5.32 Å². The van der Waals surface area contributed by atoms with Gasteiger partial charge in [0.2, 0.25) is 0 Å². The quantitative estimate of drug-likeness (QED) is 0.807. The first kappa shape index (κ1) is 16.2. The van der Waals surface area contributed by atoms with Gasteiger partial charge in [-0.15, -0.1) is 11.3 Å². The summed E-state index contributed by atoms with van der Waals surface area (Å²) in [7, 11) is 0. The number of aryl methyl sites for hydroxylation is 2. The minimum Gasteiger partial charge on any atom is -0.396 e. The number of aliphatic hydroxyl groups is 1. The Morgan fingerprint density at radius 1 is 1.42 bits per heavy atom. The number of thiophene rings is 1. The number of carbonyl (C=O) groups is 1. The second-order valence-corrected chi connectivity index (χ2v) is 6.61. The highest BCUT2D eigenvalue weighted by atomic mass is 32.1. The molecule has 0 aliphatic rings. The van der Waals surface area contributed by atoms with E-state index in [2.05, 4.69) is 19.2 Å². The summed E-state index contributed by atoms with van der Waals surface area (Å²) in [5.41, 5.74) is 0.921. The first-order chi connectivity index (χ1) is 8.93. The van der Waals surface area contributed by atoms with E-state index in [1.807, 2.05) is 19.9 Å². The molecule has 4 heteroatoms. The number of carbonyl (C=O) groups excluding carboxylic acids is 1. The van der Waals surface area contributed by atoms with Crippen LogP contribution in [0.25, 0.3) is 0 Å². The van der Waals surface area contributed by atoms with E-state index in [4.69, 9.17) is 5.11 Å². The fraction of sp³-hybridized carbons (Fsp3) is 0.667. The number of amides is 1. The maximum Gasteiger partial charge on any atom is 0.261 e. The third-order valence-electron chi connectivity index (χ3n) is 3.17. The second kappa shape index (κ2) is 7.06. The lowest BCUT2D eigenvalue weighted by molar-refractivity contribution is 0.0903.